The molecule has 0 aliphatic heterocycles. The Labute approximate surface area is 48.4 Å². The molecule has 0 bridgehead atoms. The van der Waals surface area contributed by atoms with Crippen LogP contribution >= 0.6 is 11.9 Å². The van der Waals surface area contributed by atoms with E-state index in [1.54, 1.807) is 6.08 Å². The topological polar surface area (TPSA) is 26.0 Å². The van der Waals surface area contributed by atoms with Gasteiger partial charge in [0.15, 0.2) is 0 Å². The molecule has 7 heavy (non-hydrogen) atoms. The van der Waals surface area contributed by atoms with Gasteiger partial charge >= 0.3 is 0 Å². The number of hydrogen-bond donors (Lipinski definition) is 1. The van der Waals surface area contributed by atoms with Crippen molar-refractivity contribution in [2.45, 2.75) is 6.92 Å². The Morgan fingerprint density at radius 1 is 1.86 bits per heavy atom. The zero-order chi connectivity index (χ0) is 5.70. The second-order valence-corrected chi connectivity index (χ2v) is 1.72. The lowest BCUT2D eigenvalue weighted by atomic mass is 10.5. The minimum Gasteiger partial charge on any atom is -0.274 e. The minimum atomic E-state index is 1.01. The molecule has 0 aliphatic carbocycles. The van der Waals surface area contributed by atoms with Gasteiger partial charge in [-0.05, 0) is 18.9 Å². The highest BCUT2D eigenvalue weighted by Crippen LogP contribution is 2.06. The number of allylic oxidation sites excluding steroid dienone is 2. The maximum atomic E-state index is 5.17. The van der Waals surface area contributed by atoms with Gasteiger partial charge in [0, 0.05) is 4.91 Å². The lowest BCUT2D eigenvalue weighted by molar-refractivity contribution is 1.71. The molecule has 0 heterocycles. The van der Waals surface area contributed by atoms with Crippen LogP contribution < -0.4 is 5.14 Å². The van der Waals surface area contributed by atoms with E-state index < -0.39 is 0 Å². The highest BCUT2D eigenvalue weighted by molar-refractivity contribution is 8.01. The summed E-state index contributed by atoms with van der Waals surface area (Å²) < 4.78 is 0. The molecule has 0 radical (unpaired) electrons. The van der Waals surface area contributed by atoms with E-state index in [1.807, 2.05) is 13.0 Å². The molecular weight excluding hydrogens is 106 g/mol. The third-order valence-corrected chi connectivity index (χ3v) is 1.30. The molecule has 0 amide bonds. The predicted molar refractivity (Wildman–Crippen MR) is 35.7 cm³/mol. The number of rotatable bonds is 2. The summed E-state index contributed by atoms with van der Waals surface area (Å²) in [5.41, 5.74) is 0. The van der Waals surface area contributed by atoms with E-state index in [0.29, 0.717) is 0 Å². The average Bonchev–Trinajstić information content (AvgIpc) is 1.72. The maximum Gasteiger partial charge on any atom is 0.0177 e. The molecule has 0 atom stereocenters. The van der Waals surface area contributed by atoms with Gasteiger partial charge in [0.25, 0.3) is 0 Å². The summed E-state index contributed by atoms with van der Waals surface area (Å²) in [5.74, 6) is 0. The van der Waals surface area contributed by atoms with Gasteiger partial charge in [0.1, 0.15) is 0 Å². The van der Waals surface area contributed by atoms with Crippen molar-refractivity contribution in [3.63, 3.8) is 0 Å². The van der Waals surface area contributed by atoms with E-state index in [-0.39, 0.29) is 0 Å². The Morgan fingerprint density at radius 3 is 2.43 bits per heavy atom. The molecule has 0 rings (SSSR count). The molecule has 2 heteroatoms. The molecule has 0 saturated heterocycles. The van der Waals surface area contributed by atoms with Crippen LogP contribution in [0, 0.1) is 0 Å². The fourth-order valence-electron chi connectivity index (χ4n) is 0.234. The molecule has 0 aromatic heterocycles. The van der Waals surface area contributed by atoms with E-state index in [2.05, 4.69) is 6.58 Å². The standard InChI is InChI=1S/C5H9NS/c1-3-5(4-2)7-6/h3-4H,1,6H2,2H3/b5-4+. The first-order valence-corrected chi connectivity index (χ1v) is 2.88. The third-order valence-electron chi connectivity index (χ3n) is 0.622. The van der Waals surface area contributed by atoms with Crippen LogP contribution in [0.15, 0.2) is 23.6 Å². The normalized spacial score (nSPS) is 11.4. The van der Waals surface area contributed by atoms with Crippen LogP contribution in [0.25, 0.3) is 0 Å². The van der Waals surface area contributed by atoms with Crippen molar-refractivity contribution in [2.24, 2.45) is 5.14 Å². The molecule has 2 N–H and O–H groups in total. The van der Waals surface area contributed by atoms with Crippen LogP contribution in [0.5, 0.6) is 0 Å². The van der Waals surface area contributed by atoms with Gasteiger partial charge in [-0.1, -0.05) is 18.7 Å². The molecule has 0 saturated carbocycles. The van der Waals surface area contributed by atoms with E-state index in [1.165, 1.54) is 11.9 Å². The molecule has 0 aromatic carbocycles. The smallest absolute Gasteiger partial charge is 0.0177 e. The zero-order valence-corrected chi connectivity index (χ0v) is 5.16. The van der Waals surface area contributed by atoms with Gasteiger partial charge in [-0.25, -0.2) is 0 Å². The van der Waals surface area contributed by atoms with E-state index in [4.69, 9.17) is 5.14 Å². The van der Waals surface area contributed by atoms with Crippen molar-refractivity contribution in [3.05, 3.63) is 23.6 Å². The predicted octanol–water partition coefficient (Wildman–Crippen LogP) is 1.68. The average molecular weight is 115 g/mol. The molecule has 0 spiro atoms. The lowest BCUT2D eigenvalue weighted by Gasteiger charge is -1.87. The summed E-state index contributed by atoms with van der Waals surface area (Å²) in [6.45, 7) is 5.46. The Hall–Kier alpha value is -0.210. The van der Waals surface area contributed by atoms with E-state index in [9.17, 15) is 0 Å². The summed E-state index contributed by atoms with van der Waals surface area (Å²) in [6, 6.07) is 0. The fraction of sp³-hybridized carbons (Fsp3) is 0.200. The Morgan fingerprint density at radius 2 is 2.43 bits per heavy atom. The van der Waals surface area contributed by atoms with Crippen molar-refractivity contribution < 1.29 is 0 Å². The third kappa shape index (κ3) is 2.48. The molecule has 0 fully saturated rings. The second-order valence-electron chi connectivity index (χ2n) is 1.01. The maximum absolute atomic E-state index is 5.17. The summed E-state index contributed by atoms with van der Waals surface area (Å²) in [6.07, 6.45) is 3.64. The molecule has 0 unspecified atom stereocenters. The molecular formula is C5H9NS. The summed E-state index contributed by atoms with van der Waals surface area (Å²) in [4.78, 5) is 1.01. The minimum absolute atomic E-state index is 1.01. The molecule has 0 aromatic rings. The quantitative estimate of drug-likeness (QED) is 0.437. The van der Waals surface area contributed by atoms with Gasteiger partial charge in [-0.15, -0.1) is 0 Å². The van der Waals surface area contributed by atoms with Crippen LogP contribution in [0.1, 0.15) is 6.92 Å². The van der Waals surface area contributed by atoms with Gasteiger partial charge in [-0.2, -0.15) is 0 Å². The van der Waals surface area contributed by atoms with E-state index in [0.717, 1.165) is 4.91 Å². The van der Waals surface area contributed by atoms with Crippen LogP contribution in [-0.2, 0) is 0 Å². The summed E-state index contributed by atoms with van der Waals surface area (Å²) in [5, 5.41) is 5.17. The van der Waals surface area contributed by atoms with E-state index >= 15 is 0 Å². The summed E-state index contributed by atoms with van der Waals surface area (Å²) >= 11 is 1.21. The van der Waals surface area contributed by atoms with Crippen molar-refractivity contribution in [2.75, 3.05) is 0 Å². The molecule has 0 aliphatic rings. The highest BCUT2D eigenvalue weighted by atomic mass is 32.2. The van der Waals surface area contributed by atoms with Gasteiger partial charge < -0.3 is 0 Å². The van der Waals surface area contributed by atoms with Crippen molar-refractivity contribution in [3.8, 4) is 0 Å². The molecule has 40 valence electrons. The lowest BCUT2D eigenvalue weighted by Crippen LogP contribution is -1.76. The SMILES string of the molecule is C=C/C(=C\C)SN. The molecule has 1 nitrogen and oxygen atoms in total. The highest BCUT2D eigenvalue weighted by Gasteiger charge is 1.78. The Kier molecular flexibility index (Phi) is 3.84. The number of hydrogen-bond acceptors (Lipinski definition) is 2. The van der Waals surface area contributed by atoms with Crippen LogP contribution in [0.4, 0.5) is 0 Å². The first-order valence-electron chi connectivity index (χ1n) is 2.00. The number of nitrogens with two attached hydrogens (primary N) is 1. The van der Waals surface area contributed by atoms with Crippen LogP contribution in [-0.4, -0.2) is 0 Å². The Bertz CT molecular complexity index is 86.1. The van der Waals surface area contributed by atoms with Crippen molar-refractivity contribution in [1.82, 2.24) is 0 Å². The second kappa shape index (κ2) is 3.96. The van der Waals surface area contributed by atoms with Gasteiger partial charge in [0.05, 0.1) is 0 Å². The first kappa shape index (κ1) is 6.79. The van der Waals surface area contributed by atoms with Crippen molar-refractivity contribution >= 4 is 11.9 Å². The van der Waals surface area contributed by atoms with Crippen LogP contribution in [0.2, 0.25) is 0 Å². The first-order chi connectivity index (χ1) is 3.35. The van der Waals surface area contributed by atoms with Gasteiger partial charge in [0.2, 0.25) is 0 Å². The Balaban J connectivity index is 3.60. The largest absolute Gasteiger partial charge is 0.274 e. The summed E-state index contributed by atoms with van der Waals surface area (Å²) in [7, 11) is 0. The zero-order valence-electron chi connectivity index (χ0n) is 4.35. The van der Waals surface area contributed by atoms with Crippen molar-refractivity contribution in [1.29, 1.82) is 0 Å². The van der Waals surface area contributed by atoms with Crippen LogP contribution in [0.3, 0.4) is 0 Å². The fourth-order valence-corrected chi connectivity index (χ4v) is 0.466. The monoisotopic (exact) mass is 115 g/mol. The van der Waals surface area contributed by atoms with Gasteiger partial charge in [-0.3, -0.25) is 5.14 Å².